The number of esters is 1. The SMILES string of the molecule is N#CC(C(=O)COC(=O)COc1ccc(Cl)cc1)c1nc2ccccc2[nH]1. The highest BCUT2D eigenvalue weighted by Crippen LogP contribution is 2.18. The maximum atomic E-state index is 12.3. The Balaban J connectivity index is 1.54. The minimum Gasteiger partial charge on any atom is -0.482 e. The molecule has 0 spiro atoms. The van der Waals surface area contributed by atoms with Crippen LogP contribution in [0.1, 0.15) is 11.7 Å². The summed E-state index contributed by atoms with van der Waals surface area (Å²) in [4.78, 5) is 31.2. The number of nitrogens with zero attached hydrogens (tertiary/aromatic N) is 2. The second kappa shape index (κ2) is 8.34. The summed E-state index contributed by atoms with van der Waals surface area (Å²) in [5.74, 6) is -1.78. The maximum absolute atomic E-state index is 12.3. The number of nitrogens with one attached hydrogen (secondary N) is 1. The number of imidazole rings is 1. The zero-order chi connectivity index (χ0) is 19.2. The van der Waals surface area contributed by atoms with Crippen molar-refractivity contribution in [1.82, 2.24) is 9.97 Å². The smallest absolute Gasteiger partial charge is 0.344 e. The number of aromatic amines is 1. The molecule has 3 aromatic rings. The van der Waals surface area contributed by atoms with E-state index in [1.807, 2.05) is 12.1 Å². The molecule has 8 heteroatoms. The lowest BCUT2D eigenvalue weighted by molar-refractivity contribution is -0.150. The van der Waals surface area contributed by atoms with Crippen molar-refractivity contribution in [3.8, 4) is 11.8 Å². The molecule has 0 radical (unpaired) electrons. The molecule has 27 heavy (non-hydrogen) atoms. The molecule has 7 nitrogen and oxygen atoms in total. The number of hydrogen-bond acceptors (Lipinski definition) is 6. The number of aromatic nitrogens is 2. The number of para-hydroxylation sites is 2. The van der Waals surface area contributed by atoms with Gasteiger partial charge in [0.15, 0.2) is 24.9 Å². The van der Waals surface area contributed by atoms with Crippen LogP contribution in [-0.2, 0) is 14.3 Å². The number of Topliss-reactive ketones (excluding diaryl/α,β-unsaturated/α-hetero) is 1. The van der Waals surface area contributed by atoms with Gasteiger partial charge in [-0.1, -0.05) is 23.7 Å². The third kappa shape index (κ3) is 4.63. The van der Waals surface area contributed by atoms with Crippen molar-refractivity contribution in [1.29, 1.82) is 5.26 Å². The van der Waals surface area contributed by atoms with Gasteiger partial charge in [-0.3, -0.25) is 4.79 Å². The molecule has 0 aliphatic carbocycles. The fourth-order valence-corrected chi connectivity index (χ4v) is 2.47. The minimum atomic E-state index is -1.15. The van der Waals surface area contributed by atoms with Crippen LogP contribution in [0.25, 0.3) is 11.0 Å². The van der Waals surface area contributed by atoms with E-state index in [2.05, 4.69) is 9.97 Å². The van der Waals surface area contributed by atoms with Crippen molar-refractivity contribution in [2.24, 2.45) is 0 Å². The molecular formula is C19H14ClN3O4. The van der Waals surface area contributed by atoms with Crippen molar-refractivity contribution in [3.05, 3.63) is 59.4 Å². The molecule has 0 saturated carbocycles. The number of carbonyl (C=O) groups is 2. The Morgan fingerprint density at radius 2 is 1.89 bits per heavy atom. The second-order valence-corrected chi connectivity index (χ2v) is 6.01. The Hall–Kier alpha value is -3.37. The number of fused-ring (bicyclic) bond motifs is 1. The summed E-state index contributed by atoms with van der Waals surface area (Å²) in [5.41, 5.74) is 1.36. The Morgan fingerprint density at radius 3 is 2.59 bits per heavy atom. The average molecular weight is 384 g/mol. The van der Waals surface area contributed by atoms with Gasteiger partial charge >= 0.3 is 5.97 Å². The van der Waals surface area contributed by atoms with Crippen molar-refractivity contribution >= 4 is 34.4 Å². The number of rotatable bonds is 7. The van der Waals surface area contributed by atoms with Crippen molar-refractivity contribution in [2.75, 3.05) is 13.2 Å². The molecule has 3 rings (SSSR count). The van der Waals surface area contributed by atoms with Crippen LogP contribution < -0.4 is 4.74 Å². The van der Waals surface area contributed by atoms with E-state index >= 15 is 0 Å². The van der Waals surface area contributed by atoms with Crippen LogP contribution in [0.2, 0.25) is 5.02 Å². The van der Waals surface area contributed by atoms with E-state index in [0.717, 1.165) is 0 Å². The number of hydrogen-bond donors (Lipinski definition) is 1. The van der Waals surface area contributed by atoms with Gasteiger partial charge in [-0.25, -0.2) is 9.78 Å². The van der Waals surface area contributed by atoms with E-state index in [1.54, 1.807) is 42.5 Å². The molecule has 136 valence electrons. The van der Waals surface area contributed by atoms with Crippen LogP contribution >= 0.6 is 11.6 Å². The fraction of sp³-hybridized carbons (Fsp3) is 0.158. The Bertz CT molecular complexity index is 975. The van der Waals surface area contributed by atoms with Crippen LogP contribution in [0.15, 0.2) is 48.5 Å². The number of halogens is 1. The molecule has 0 fully saturated rings. The lowest BCUT2D eigenvalue weighted by Gasteiger charge is -2.08. The largest absolute Gasteiger partial charge is 0.482 e. The van der Waals surface area contributed by atoms with E-state index in [9.17, 15) is 14.9 Å². The van der Waals surface area contributed by atoms with E-state index in [-0.39, 0.29) is 12.4 Å². The van der Waals surface area contributed by atoms with E-state index in [0.29, 0.717) is 21.8 Å². The quantitative estimate of drug-likeness (QED) is 0.629. The van der Waals surface area contributed by atoms with Gasteiger partial charge in [-0.05, 0) is 36.4 Å². The van der Waals surface area contributed by atoms with Crippen LogP contribution in [0.5, 0.6) is 5.75 Å². The normalized spacial score (nSPS) is 11.6. The predicted octanol–water partition coefficient (Wildman–Crippen LogP) is 3.01. The molecule has 1 unspecified atom stereocenters. The first kappa shape index (κ1) is 18.4. The van der Waals surface area contributed by atoms with Gasteiger partial charge in [0.05, 0.1) is 17.1 Å². The minimum absolute atomic E-state index is 0.220. The predicted molar refractivity (Wildman–Crippen MR) is 97.4 cm³/mol. The molecule has 1 heterocycles. The molecule has 1 aromatic heterocycles. The molecule has 1 atom stereocenters. The van der Waals surface area contributed by atoms with Gasteiger partial charge < -0.3 is 14.5 Å². The number of H-pyrrole nitrogens is 1. The summed E-state index contributed by atoms with van der Waals surface area (Å²) < 4.78 is 10.1. The summed E-state index contributed by atoms with van der Waals surface area (Å²) in [6.07, 6.45) is 0. The molecule has 0 bridgehead atoms. The van der Waals surface area contributed by atoms with Crippen molar-refractivity contribution in [3.63, 3.8) is 0 Å². The van der Waals surface area contributed by atoms with Crippen LogP contribution in [0.4, 0.5) is 0 Å². The Kier molecular flexibility index (Phi) is 5.69. The zero-order valence-electron chi connectivity index (χ0n) is 14.0. The summed E-state index contributed by atoms with van der Waals surface area (Å²) in [6.45, 7) is -0.908. The van der Waals surface area contributed by atoms with Gasteiger partial charge in [-0.2, -0.15) is 5.26 Å². The molecular weight excluding hydrogens is 370 g/mol. The monoisotopic (exact) mass is 383 g/mol. The van der Waals surface area contributed by atoms with Crippen LogP contribution in [0, 0.1) is 11.3 Å². The fourth-order valence-electron chi connectivity index (χ4n) is 2.34. The van der Waals surface area contributed by atoms with Crippen LogP contribution in [0.3, 0.4) is 0 Å². The summed E-state index contributed by atoms with van der Waals surface area (Å²) >= 11 is 5.76. The first-order chi connectivity index (χ1) is 13.1. The van der Waals surface area contributed by atoms with Gasteiger partial charge in [0.1, 0.15) is 11.6 Å². The third-order valence-corrected chi connectivity index (χ3v) is 3.93. The molecule has 0 amide bonds. The van der Waals surface area contributed by atoms with Crippen molar-refractivity contribution < 1.29 is 19.1 Å². The standard InChI is InChI=1S/C19H14ClN3O4/c20-12-5-7-13(8-6-12)26-11-18(25)27-10-17(24)14(9-21)19-22-15-3-1-2-4-16(15)23-19/h1-8,14H,10-11H2,(H,22,23). The van der Waals surface area contributed by atoms with E-state index in [4.69, 9.17) is 21.1 Å². The molecule has 0 saturated heterocycles. The number of benzene rings is 2. The molecule has 0 aliphatic heterocycles. The topological polar surface area (TPSA) is 105 Å². The highest BCUT2D eigenvalue weighted by molar-refractivity contribution is 6.30. The first-order valence-electron chi connectivity index (χ1n) is 7.98. The van der Waals surface area contributed by atoms with Crippen LogP contribution in [-0.4, -0.2) is 34.9 Å². The van der Waals surface area contributed by atoms with Gasteiger partial charge in [0.2, 0.25) is 0 Å². The van der Waals surface area contributed by atoms with Gasteiger partial charge in [0.25, 0.3) is 0 Å². The highest BCUT2D eigenvalue weighted by Gasteiger charge is 2.25. The lowest BCUT2D eigenvalue weighted by Crippen LogP contribution is -2.23. The maximum Gasteiger partial charge on any atom is 0.344 e. The summed E-state index contributed by atoms with van der Waals surface area (Å²) in [7, 11) is 0. The number of ether oxygens (including phenoxy) is 2. The van der Waals surface area contributed by atoms with E-state index in [1.165, 1.54) is 0 Å². The number of carbonyl (C=O) groups excluding carboxylic acids is 2. The summed E-state index contributed by atoms with van der Waals surface area (Å²) in [6, 6.07) is 15.5. The first-order valence-corrected chi connectivity index (χ1v) is 8.35. The Labute approximate surface area is 159 Å². The second-order valence-electron chi connectivity index (χ2n) is 5.57. The zero-order valence-corrected chi connectivity index (χ0v) is 14.8. The highest BCUT2D eigenvalue weighted by atomic mass is 35.5. The summed E-state index contributed by atoms with van der Waals surface area (Å²) in [5, 5.41) is 9.85. The Morgan fingerprint density at radius 1 is 1.15 bits per heavy atom. The average Bonchev–Trinajstić information content (AvgIpc) is 3.10. The molecule has 0 aliphatic rings. The molecule has 2 aromatic carbocycles. The number of nitriles is 1. The van der Waals surface area contributed by atoms with E-state index < -0.39 is 24.3 Å². The number of ketones is 1. The van der Waals surface area contributed by atoms with Crippen molar-refractivity contribution in [2.45, 2.75) is 5.92 Å². The van der Waals surface area contributed by atoms with Gasteiger partial charge in [0, 0.05) is 5.02 Å². The van der Waals surface area contributed by atoms with Gasteiger partial charge in [-0.15, -0.1) is 0 Å². The lowest BCUT2D eigenvalue weighted by atomic mass is 10.1. The third-order valence-electron chi connectivity index (χ3n) is 3.68. The molecule has 1 N–H and O–H groups in total.